The summed E-state index contributed by atoms with van der Waals surface area (Å²) in [7, 11) is 6.45. The molecule has 0 saturated heterocycles. The minimum Gasteiger partial charge on any atom is -0.298 e. The molecule has 0 fully saturated rings. The van der Waals surface area contributed by atoms with Crippen LogP contribution in [0.25, 0.3) is 0 Å². The number of nitrogens with zero attached hydrogens (tertiary/aromatic N) is 1. The molecule has 0 spiro atoms. The third kappa shape index (κ3) is 2.31. The Hall–Kier alpha value is 0.140. The van der Waals surface area contributed by atoms with Crippen molar-refractivity contribution in [2.24, 2.45) is 0 Å². The first-order valence-corrected chi connectivity index (χ1v) is 5.27. The highest BCUT2D eigenvalue weighted by Gasteiger charge is 2.12. The van der Waals surface area contributed by atoms with E-state index in [9.17, 15) is 0 Å². The predicted molar refractivity (Wildman–Crippen MR) is 61.4 cm³/mol. The van der Waals surface area contributed by atoms with E-state index >= 15 is 0 Å². The number of rotatable bonds is 1. The zero-order chi connectivity index (χ0) is 9.35. The molecule has 0 bridgehead atoms. The molecule has 66 valence electrons. The zero-order valence-corrected chi connectivity index (χ0v) is 10.6. The molecule has 0 atom stereocenters. The highest BCUT2D eigenvalue weighted by Crippen LogP contribution is 2.28. The van der Waals surface area contributed by atoms with Crippen LogP contribution in [0.2, 0.25) is 0 Å². The van der Waals surface area contributed by atoms with Gasteiger partial charge in [0.05, 0.1) is 21.1 Å². The van der Waals surface area contributed by atoms with E-state index < -0.39 is 0 Å². The molecule has 1 aromatic rings. The Labute approximate surface area is 90.2 Å². The fourth-order valence-electron chi connectivity index (χ4n) is 0.902. The van der Waals surface area contributed by atoms with E-state index in [1.807, 2.05) is 0 Å². The van der Waals surface area contributed by atoms with Crippen molar-refractivity contribution >= 4 is 37.5 Å². The zero-order valence-electron chi connectivity index (χ0n) is 7.44. The van der Waals surface area contributed by atoms with Gasteiger partial charge in [-0.2, -0.15) is 0 Å². The van der Waals surface area contributed by atoms with Crippen molar-refractivity contribution in [2.45, 2.75) is 0 Å². The molecule has 0 aliphatic heterocycles. The van der Waals surface area contributed by atoms with Gasteiger partial charge >= 0.3 is 0 Å². The predicted octanol–water partition coefficient (Wildman–Crippen LogP) is 3.41. The quantitative estimate of drug-likeness (QED) is 0.696. The maximum absolute atomic E-state index is 3.48. The van der Waals surface area contributed by atoms with E-state index in [0.717, 1.165) is 13.4 Å². The summed E-state index contributed by atoms with van der Waals surface area (Å²) in [5.74, 6) is 0. The average Bonchev–Trinajstić information content (AvgIpc) is 1.92. The summed E-state index contributed by atoms with van der Waals surface area (Å²) < 4.78 is 3.04. The summed E-state index contributed by atoms with van der Waals surface area (Å²) in [6, 6.07) is 6.31. The van der Waals surface area contributed by atoms with E-state index in [4.69, 9.17) is 0 Å². The summed E-state index contributed by atoms with van der Waals surface area (Å²) in [5, 5.41) is 0. The molecule has 0 amide bonds. The standard InChI is InChI=1S/C9H12Br2N/c1-12(2,3)7-4-5-8(10)9(11)6-7/h4-6H,1-3H3/q+1. The highest BCUT2D eigenvalue weighted by atomic mass is 79.9. The van der Waals surface area contributed by atoms with Gasteiger partial charge in [-0.1, -0.05) is 0 Å². The minimum atomic E-state index is 0.839. The fraction of sp³-hybridized carbons (Fsp3) is 0.333. The van der Waals surface area contributed by atoms with Crippen molar-refractivity contribution in [1.29, 1.82) is 0 Å². The van der Waals surface area contributed by atoms with Gasteiger partial charge in [0.1, 0.15) is 5.69 Å². The summed E-state index contributed by atoms with van der Waals surface area (Å²) in [4.78, 5) is 0. The van der Waals surface area contributed by atoms with Crippen LogP contribution in [0.3, 0.4) is 0 Å². The van der Waals surface area contributed by atoms with Gasteiger partial charge in [-0.05, 0) is 37.9 Å². The molecule has 1 aromatic carbocycles. The number of halogens is 2. The average molecular weight is 294 g/mol. The molecule has 0 aliphatic carbocycles. The topological polar surface area (TPSA) is 0 Å². The van der Waals surface area contributed by atoms with Gasteiger partial charge in [-0.15, -0.1) is 0 Å². The van der Waals surface area contributed by atoms with Crippen molar-refractivity contribution in [3.05, 3.63) is 27.1 Å². The van der Waals surface area contributed by atoms with E-state index in [0.29, 0.717) is 0 Å². The van der Waals surface area contributed by atoms with Crippen LogP contribution >= 0.6 is 31.9 Å². The lowest BCUT2D eigenvalue weighted by Gasteiger charge is -2.23. The first-order valence-electron chi connectivity index (χ1n) is 3.68. The number of hydrogen-bond acceptors (Lipinski definition) is 0. The lowest BCUT2D eigenvalue weighted by atomic mass is 10.3. The van der Waals surface area contributed by atoms with E-state index in [1.54, 1.807) is 0 Å². The Morgan fingerprint density at radius 1 is 1.00 bits per heavy atom. The van der Waals surface area contributed by atoms with Gasteiger partial charge in [-0.25, -0.2) is 0 Å². The lowest BCUT2D eigenvalue weighted by molar-refractivity contribution is 0.486. The van der Waals surface area contributed by atoms with Crippen molar-refractivity contribution in [3.63, 3.8) is 0 Å². The first kappa shape index (κ1) is 10.2. The third-order valence-corrected chi connectivity index (χ3v) is 3.56. The Bertz CT molecular complexity index is 289. The van der Waals surface area contributed by atoms with Gasteiger partial charge in [0.2, 0.25) is 0 Å². The van der Waals surface area contributed by atoms with Crippen LogP contribution in [0, 0.1) is 0 Å². The summed E-state index contributed by atoms with van der Waals surface area (Å²) in [5.41, 5.74) is 1.28. The Kier molecular flexibility index (Phi) is 2.97. The summed E-state index contributed by atoms with van der Waals surface area (Å²) >= 11 is 6.92. The smallest absolute Gasteiger partial charge is 0.133 e. The Morgan fingerprint density at radius 3 is 2.00 bits per heavy atom. The number of quaternary nitrogens is 1. The third-order valence-electron chi connectivity index (χ3n) is 1.68. The van der Waals surface area contributed by atoms with Crippen LogP contribution in [0.4, 0.5) is 5.69 Å². The van der Waals surface area contributed by atoms with Crippen molar-refractivity contribution in [1.82, 2.24) is 4.48 Å². The van der Waals surface area contributed by atoms with E-state index in [-0.39, 0.29) is 0 Å². The molecular formula is C9H12Br2N+. The maximum Gasteiger partial charge on any atom is 0.133 e. The van der Waals surface area contributed by atoms with Gasteiger partial charge in [0.15, 0.2) is 0 Å². The monoisotopic (exact) mass is 292 g/mol. The van der Waals surface area contributed by atoms with E-state index in [1.165, 1.54) is 5.69 Å². The molecule has 0 saturated carbocycles. The number of benzene rings is 1. The molecule has 0 heterocycles. The second kappa shape index (κ2) is 3.48. The van der Waals surface area contributed by atoms with Gasteiger partial charge in [0, 0.05) is 21.1 Å². The van der Waals surface area contributed by atoms with Crippen LogP contribution in [0.1, 0.15) is 0 Å². The SMILES string of the molecule is C[N+](C)(C)c1ccc(Br)c(Br)c1. The molecule has 1 nitrogen and oxygen atoms in total. The normalized spacial score (nSPS) is 11.8. The Balaban J connectivity index is 3.14. The largest absolute Gasteiger partial charge is 0.298 e. The molecule has 0 unspecified atom stereocenters. The van der Waals surface area contributed by atoms with Crippen LogP contribution in [0.5, 0.6) is 0 Å². The van der Waals surface area contributed by atoms with Gasteiger partial charge in [-0.3, -0.25) is 4.48 Å². The fourth-order valence-corrected chi connectivity index (χ4v) is 1.52. The first-order chi connectivity index (χ1) is 5.41. The van der Waals surface area contributed by atoms with Crippen molar-refractivity contribution in [2.75, 3.05) is 21.1 Å². The molecule has 12 heavy (non-hydrogen) atoms. The second-order valence-electron chi connectivity index (χ2n) is 3.61. The number of hydrogen-bond donors (Lipinski definition) is 0. The molecule has 0 aromatic heterocycles. The highest BCUT2D eigenvalue weighted by molar-refractivity contribution is 9.13. The van der Waals surface area contributed by atoms with Crippen LogP contribution in [-0.2, 0) is 0 Å². The van der Waals surface area contributed by atoms with Crippen LogP contribution in [-0.4, -0.2) is 21.1 Å². The molecule has 0 radical (unpaired) electrons. The minimum absolute atomic E-state index is 0.839. The molecule has 1 rings (SSSR count). The maximum atomic E-state index is 3.48. The summed E-state index contributed by atoms with van der Waals surface area (Å²) in [6.45, 7) is 0. The summed E-state index contributed by atoms with van der Waals surface area (Å²) in [6.07, 6.45) is 0. The molecule has 0 aliphatic rings. The molecule has 0 N–H and O–H groups in total. The van der Waals surface area contributed by atoms with Crippen LogP contribution < -0.4 is 4.48 Å². The van der Waals surface area contributed by atoms with E-state index in [2.05, 4.69) is 71.2 Å². The van der Waals surface area contributed by atoms with Crippen molar-refractivity contribution < 1.29 is 0 Å². The second-order valence-corrected chi connectivity index (χ2v) is 5.32. The lowest BCUT2D eigenvalue weighted by Crippen LogP contribution is -2.34. The van der Waals surface area contributed by atoms with Crippen LogP contribution in [0.15, 0.2) is 27.1 Å². The van der Waals surface area contributed by atoms with Gasteiger partial charge in [0.25, 0.3) is 0 Å². The van der Waals surface area contributed by atoms with Crippen molar-refractivity contribution in [3.8, 4) is 0 Å². The molecule has 3 heteroatoms. The van der Waals surface area contributed by atoms with Gasteiger partial charge < -0.3 is 0 Å². The Morgan fingerprint density at radius 2 is 1.58 bits per heavy atom. The molecular weight excluding hydrogens is 282 g/mol.